The molecule has 1 aromatic rings. The van der Waals surface area contributed by atoms with Crippen LogP contribution in [0.3, 0.4) is 0 Å². The molecule has 1 aromatic carbocycles. The number of hydrogen-bond donors (Lipinski definition) is 1. The summed E-state index contributed by atoms with van der Waals surface area (Å²) < 4.78 is 5.51. The standard InChI is InChI=1S/C22H31NO4/c1-16-7-9-18(14-19(16)27-2)22(11-3-4-12-22)21(26)23-13-5-6-17(15-23)8-10-20(24)25/h7,9,14,17H,3-6,8,10-13,15H2,1-2H3,(H,24,25). The van der Waals surface area contributed by atoms with Gasteiger partial charge in [0, 0.05) is 19.5 Å². The normalized spacial score (nSPS) is 21.9. The third-order valence-corrected chi connectivity index (χ3v) is 6.40. The van der Waals surface area contributed by atoms with Crippen molar-refractivity contribution in [3.05, 3.63) is 29.3 Å². The first-order valence-electron chi connectivity index (χ1n) is 10.1. The molecule has 5 heteroatoms. The Bertz CT molecular complexity index is 694. The van der Waals surface area contributed by atoms with Crippen molar-refractivity contribution in [1.29, 1.82) is 0 Å². The quantitative estimate of drug-likeness (QED) is 0.821. The number of carboxylic acid groups (broad SMARTS) is 1. The van der Waals surface area contributed by atoms with Crippen molar-refractivity contribution in [2.24, 2.45) is 5.92 Å². The van der Waals surface area contributed by atoms with E-state index in [9.17, 15) is 9.59 Å². The summed E-state index contributed by atoms with van der Waals surface area (Å²) in [5.74, 6) is 0.609. The zero-order valence-electron chi connectivity index (χ0n) is 16.5. The van der Waals surface area contributed by atoms with Gasteiger partial charge in [-0.1, -0.05) is 25.0 Å². The van der Waals surface area contributed by atoms with Crippen molar-refractivity contribution in [2.45, 2.75) is 63.7 Å². The maximum Gasteiger partial charge on any atom is 0.303 e. The Hall–Kier alpha value is -2.04. The largest absolute Gasteiger partial charge is 0.496 e. The second-order valence-corrected chi connectivity index (χ2v) is 8.17. The highest BCUT2D eigenvalue weighted by molar-refractivity contribution is 5.89. The molecule has 1 amide bonds. The fourth-order valence-corrected chi connectivity index (χ4v) is 4.84. The number of piperidine rings is 1. The number of ether oxygens (including phenoxy) is 1. The lowest BCUT2D eigenvalue weighted by atomic mass is 9.76. The SMILES string of the molecule is COc1cc(C2(C(=O)N3CCCC(CCC(=O)O)C3)CCCC2)ccc1C. The van der Waals surface area contributed by atoms with Crippen molar-refractivity contribution < 1.29 is 19.4 Å². The highest BCUT2D eigenvalue weighted by Gasteiger charge is 2.45. The molecule has 1 saturated carbocycles. The molecular formula is C22H31NO4. The van der Waals surface area contributed by atoms with E-state index in [1.54, 1.807) is 7.11 Å². The number of carboxylic acids is 1. The van der Waals surface area contributed by atoms with Gasteiger partial charge in [0.15, 0.2) is 0 Å². The third kappa shape index (κ3) is 4.12. The van der Waals surface area contributed by atoms with Crippen LogP contribution >= 0.6 is 0 Å². The zero-order chi connectivity index (χ0) is 19.4. The average molecular weight is 373 g/mol. The number of likely N-dealkylation sites (tertiary alicyclic amines) is 1. The van der Waals surface area contributed by atoms with Crippen LogP contribution in [0.2, 0.25) is 0 Å². The summed E-state index contributed by atoms with van der Waals surface area (Å²) in [6.45, 7) is 3.49. The molecule has 27 heavy (non-hydrogen) atoms. The fourth-order valence-electron chi connectivity index (χ4n) is 4.84. The second-order valence-electron chi connectivity index (χ2n) is 8.17. The predicted molar refractivity (Wildman–Crippen MR) is 104 cm³/mol. The number of carbonyl (C=O) groups excluding carboxylic acids is 1. The first-order valence-corrected chi connectivity index (χ1v) is 10.1. The van der Waals surface area contributed by atoms with Gasteiger partial charge >= 0.3 is 5.97 Å². The minimum Gasteiger partial charge on any atom is -0.496 e. The van der Waals surface area contributed by atoms with Gasteiger partial charge in [-0.15, -0.1) is 0 Å². The molecule has 3 rings (SSSR count). The van der Waals surface area contributed by atoms with Crippen LogP contribution in [-0.4, -0.2) is 42.1 Å². The minimum atomic E-state index is -0.752. The Balaban J connectivity index is 1.82. The van der Waals surface area contributed by atoms with Crippen molar-refractivity contribution >= 4 is 11.9 Å². The van der Waals surface area contributed by atoms with Crippen molar-refractivity contribution in [2.75, 3.05) is 20.2 Å². The van der Waals surface area contributed by atoms with E-state index in [0.717, 1.165) is 61.9 Å². The smallest absolute Gasteiger partial charge is 0.303 e. The molecule has 2 fully saturated rings. The van der Waals surface area contributed by atoms with Gasteiger partial charge in [0.2, 0.25) is 5.91 Å². The van der Waals surface area contributed by atoms with Gasteiger partial charge in [-0.3, -0.25) is 9.59 Å². The summed E-state index contributed by atoms with van der Waals surface area (Å²) in [4.78, 5) is 26.6. The first-order chi connectivity index (χ1) is 13.0. The topological polar surface area (TPSA) is 66.8 Å². The minimum absolute atomic E-state index is 0.188. The van der Waals surface area contributed by atoms with Crippen LogP contribution in [-0.2, 0) is 15.0 Å². The van der Waals surface area contributed by atoms with E-state index in [-0.39, 0.29) is 12.3 Å². The maximum absolute atomic E-state index is 13.7. The number of methoxy groups -OCH3 is 1. The Labute approximate surface area is 161 Å². The second kappa shape index (κ2) is 8.32. The highest BCUT2D eigenvalue weighted by Crippen LogP contribution is 2.44. The Morgan fingerprint density at radius 1 is 1.26 bits per heavy atom. The number of benzene rings is 1. The summed E-state index contributed by atoms with van der Waals surface area (Å²) in [5, 5.41) is 8.96. The van der Waals surface area contributed by atoms with Gasteiger partial charge in [0.1, 0.15) is 5.75 Å². The van der Waals surface area contributed by atoms with E-state index < -0.39 is 11.4 Å². The maximum atomic E-state index is 13.7. The lowest BCUT2D eigenvalue weighted by molar-refractivity contribution is -0.139. The molecule has 0 bridgehead atoms. The predicted octanol–water partition coefficient (Wildman–Crippen LogP) is 3.92. The molecule has 1 N–H and O–H groups in total. The molecule has 2 aliphatic rings. The number of amides is 1. The van der Waals surface area contributed by atoms with Gasteiger partial charge in [-0.25, -0.2) is 0 Å². The molecule has 1 saturated heterocycles. The van der Waals surface area contributed by atoms with Gasteiger partial charge in [-0.05, 0) is 62.1 Å². The molecule has 148 valence electrons. The molecule has 5 nitrogen and oxygen atoms in total. The molecule has 0 radical (unpaired) electrons. The summed E-state index contributed by atoms with van der Waals surface area (Å²) in [6, 6.07) is 6.19. The zero-order valence-corrected chi connectivity index (χ0v) is 16.5. The Morgan fingerprint density at radius 3 is 2.67 bits per heavy atom. The van der Waals surface area contributed by atoms with Gasteiger partial charge in [-0.2, -0.15) is 0 Å². The lowest BCUT2D eigenvalue weighted by Gasteiger charge is -2.39. The summed E-state index contributed by atoms with van der Waals surface area (Å²) in [6.07, 6.45) is 6.72. The summed E-state index contributed by atoms with van der Waals surface area (Å²) >= 11 is 0. The lowest BCUT2D eigenvalue weighted by Crippen LogP contribution is -2.49. The van der Waals surface area contributed by atoms with Gasteiger partial charge in [0.05, 0.1) is 12.5 Å². The van der Waals surface area contributed by atoms with Crippen LogP contribution in [0.1, 0.15) is 62.5 Å². The monoisotopic (exact) mass is 373 g/mol. The van der Waals surface area contributed by atoms with Crippen molar-refractivity contribution in [1.82, 2.24) is 4.90 Å². The molecule has 1 heterocycles. The van der Waals surface area contributed by atoms with E-state index >= 15 is 0 Å². The average Bonchev–Trinajstić information content (AvgIpc) is 3.17. The van der Waals surface area contributed by atoms with Crippen LogP contribution in [0.25, 0.3) is 0 Å². The molecular weight excluding hydrogens is 342 g/mol. The number of aryl methyl sites for hydroxylation is 1. The van der Waals surface area contributed by atoms with E-state index in [1.165, 1.54) is 0 Å². The third-order valence-electron chi connectivity index (χ3n) is 6.40. The van der Waals surface area contributed by atoms with Crippen LogP contribution in [0.5, 0.6) is 5.75 Å². The first kappa shape index (κ1) is 19.7. The number of hydrogen-bond acceptors (Lipinski definition) is 3. The highest BCUT2D eigenvalue weighted by atomic mass is 16.5. The Morgan fingerprint density at radius 2 is 2.00 bits per heavy atom. The number of nitrogens with zero attached hydrogens (tertiary/aromatic N) is 1. The number of aliphatic carboxylic acids is 1. The number of carbonyl (C=O) groups is 2. The summed E-state index contributed by atoms with van der Waals surface area (Å²) in [5.41, 5.74) is 1.70. The Kier molecular flexibility index (Phi) is 6.08. The molecule has 1 unspecified atom stereocenters. The van der Waals surface area contributed by atoms with Crippen LogP contribution in [0, 0.1) is 12.8 Å². The van der Waals surface area contributed by atoms with Crippen LogP contribution in [0.4, 0.5) is 0 Å². The molecule has 0 spiro atoms. The van der Waals surface area contributed by atoms with E-state index in [4.69, 9.17) is 9.84 Å². The molecule has 1 aliphatic carbocycles. The van der Waals surface area contributed by atoms with Crippen molar-refractivity contribution in [3.8, 4) is 5.75 Å². The summed E-state index contributed by atoms with van der Waals surface area (Å²) in [7, 11) is 1.67. The van der Waals surface area contributed by atoms with E-state index in [1.807, 2.05) is 24.0 Å². The molecule has 1 atom stereocenters. The van der Waals surface area contributed by atoms with Crippen LogP contribution in [0.15, 0.2) is 18.2 Å². The number of rotatable bonds is 6. The van der Waals surface area contributed by atoms with Gasteiger partial charge < -0.3 is 14.7 Å². The van der Waals surface area contributed by atoms with E-state index in [0.29, 0.717) is 18.9 Å². The van der Waals surface area contributed by atoms with Gasteiger partial charge in [0.25, 0.3) is 0 Å². The van der Waals surface area contributed by atoms with Crippen LogP contribution < -0.4 is 4.74 Å². The van der Waals surface area contributed by atoms with Crippen molar-refractivity contribution in [3.63, 3.8) is 0 Å². The van der Waals surface area contributed by atoms with E-state index in [2.05, 4.69) is 6.07 Å². The molecule has 0 aromatic heterocycles. The molecule has 1 aliphatic heterocycles. The fraction of sp³-hybridized carbons (Fsp3) is 0.636.